The van der Waals surface area contributed by atoms with E-state index in [0.29, 0.717) is 25.9 Å². The largest absolute Gasteiger partial charge is 0.466 e. The summed E-state index contributed by atoms with van der Waals surface area (Å²) >= 11 is 0. The second kappa shape index (κ2) is 62.1. The van der Waals surface area contributed by atoms with E-state index in [1.807, 2.05) is 0 Å². The predicted octanol–water partition coefficient (Wildman–Crippen LogP) is 20.8. The number of allylic oxidation sites excluding steroid dienone is 2. The number of aliphatic hydroxyl groups excluding tert-OH is 2. The third-order valence-corrected chi connectivity index (χ3v) is 15.6. The Morgan fingerprint density at radius 1 is 0.375 bits per heavy atom. The number of carbonyl (C=O) groups excluding carboxylic acids is 2. The van der Waals surface area contributed by atoms with E-state index >= 15 is 0 Å². The van der Waals surface area contributed by atoms with E-state index in [1.165, 1.54) is 276 Å². The van der Waals surface area contributed by atoms with Gasteiger partial charge in [-0.1, -0.05) is 321 Å². The Labute approximate surface area is 450 Å². The van der Waals surface area contributed by atoms with Gasteiger partial charge < -0.3 is 20.3 Å². The van der Waals surface area contributed by atoms with Crippen LogP contribution in [0.2, 0.25) is 0 Å². The van der Waals surface area contributed by atoms with Gasteiger partial charge in [0.1, 0.15) is 0 Å². The van der Waals surface area contributed by atoms with Crippen LogP contribution in [0.3, 0.4) is 0 Å². The van der Waals surface area contributed by atoms with Crippen LogP contribution in [0.5, 0.6) is 0 Å². The van der Waals surface area contributed by atoms with Crippen LogP contribution in [-0.2, 0) is 14.3 Å². The number of carbonyl (C=O) groups is 2. The number of aliphatic hydroxyl groups is 2. The molecule has 0 radical (unpaired) electrons. The van der Waals surface area contributed by atoms with E-state index in [0.717, 1.165) is 64.2 Å². The molecule has 0 aliphatic rings. The van der Waals surface area contributed by atoms with Gasteiger partial charge in [-0.3, -0.25) is 9.59 Å². The Balaban J connectivity index is 3.43. The van der Waals surface area contributed by atoms with E-state index in [1.54, 1.807) is 0 Å². The molecule has 6 heteroatoms. The lowest BCUT2D eigenvalue weighted by molar-refractivity contribution is -0.143. The maximum Gasteiger partial charge on any atom is 0.305 e. The van der Waals surface area contributed by atoms with Crippen LogP contribution in [0, 0.1) is 0 Å². The van der Waals surface area contributed by atoms with Crippen LogP contribution in [-0.4, -0.2) is 47.4 Å². The summed E-state index contributed by atoms with van der Waals surface area (Å²) in [7, 11) is 0. The Morgan fingerprint density at radius 3 is 0.986 bits per heavy atom. The molecule has 0 saturated heterocycles. The van der Waals surface area contributed by atoms with Gasteiger partial charge >= 0.3 is 5.97 Å². The van der Waals surface area contributed by atoms with Crippen molar-refractivity contribution in [2.24, 2.45) is 0 Å². The first-order valence-electron chi connectivity index (χ1n) is 32.9. The molecular weight excluding hydrogens is 887 g/mol. The lowest BCUT2D eigenvalue weighted by Gasteiger charge is -2.22. The zero-order valence-corrected chi connectivity index (χ0v) is 48.9. The van der Waals surface area contributed by atoms with E-state index in [-0.39, 0.29) is 18.5 Å². The molecule has 0 aliphatic heterocycles. The quantitative estimate of drug-likeness (QED) is 0.0320. The molecule has 0 aromatic carbocycles. The molecular formula is C66H129NO5. The highest BCUT2D eigenvalue weighted by Crippen LogP contribution is 2.19. The fourth-order valence-electron chi connectivity index (χ4n) is 10.5. The summed E-state index contributed by atoms with van der Waals surface area (Å²) in [5, 5.41) is 23.4. The second-order valence-corrected chi connectivity index (χ2v) is 22.8. The normalized spacial score (nSPS) is 12.6. The number of ether oxygens (including phenoxy) is 1. The van der Waals surface area contributed by atoms with Gasteiger partial charge in [-0.05, 0) is 51.4 Å². The lowest BCUT2D eigenvalue weighted by atomic mass is 10.0. The molecule has 0 spiro atoms. The van der Waals surface area contributed by atoms with Crippen LogP contribution >= 0.6 is 0 Å². The maximum atomic E-state index is 12.5. The average molecular weight is 1020 g/mol. The average Bonchev–Trinajstić information content (AvgIpc) is 3.38. The number of amides is 1. The lowest BCUT2D eigenvalue weighted by Crippen LogP contribution is -2.45. The smallest absolute Gasteiger partial charge is 0.305 e. The first-order chi connectivity index (χ1) is 35.5. The third-order valence-electron chi connectivity index (χ3n) is 15.6. The van der Waals surface area contributed by atoms with Crippen molar-refractivity contribution in [3.63, 3.8) is 0 Å². The van der Waals surface area contributed by atoms with E-state index in [2.05, 4.69) is 31.3 Å². The Morgan fingerprint density at radius 2 is 0.653 bits per heavy atom. The molecule has 2 unspecified atom stereocenters. The summed E-state index contributed by atoms with van der Waals surface area (Å²) in [5.74, 6) is -0.0451. The minimum absolute atomic E-state index is 0.00241. The van der Waals surface area contributed by atoms with Crippen LogP contribution in [0.15, 0.2) is 12.2 Å². The molecule has 1 amide bonds. The molecule has 0 saturated carbocycles. The van der Waals surface area contributed by atoms with Crippen LogP contribution in [0.25, 0.3) is 0 Å². The van der Waals surface area contributed by atoms with E-state index in [4.69, 9.17) is 4.74 Å². The summed E-state index contributed by atoms with van der Waals surface area (Å²) in [5.41, 5.74) is 0. The number of hydrogen-bond donors (Lipinski definition) is 3. The van der Waals surface area contributed by atoms with Crippen LogP contribution in [0.4, 0.5) is 0 Å². The van der Waals surface area contributed by atoms with Crippen molar-refractivity contribution in [3.8, 4) is 0 Å². The van der Waals surface area contributed by atoms with Crippen molar-refractivity contribution >= 4 is 11.9 Å². The van der Waals surface area contributed by atoms with Gasteiger partial charge in [-0.2, -0.15) is 0 Å². The van der Waals surface area contributed by atoms with E-state index < -0.39 is 12.1 Å². The topological polar surface area (TPSA) is 95.9 Å². The zero-order chi connectivity index (χ0) is 52.2. The maximum absolute atomic E-state index is 12.5. The van der Waals surface area contributed by atoms with Gasteiger partial charge in [-0.25, -0.2) is 0 Å². The highest BCUT2D eigenvalue weighted by atomic mass is 16.5. The zero-order valence-electron chi connectivity index (χ0n) is 48.9. The van der Waals surface area contributed by atoms with Gasteiger partial charge in [0, 0.05) is 12.8 Å². The minimum atomic E-state index is -0.675. The van der Waals surface area contributed by atoms with Crippen molar-refractivity contribution in [3.05, 3.63) is 12.2 Å². The Hall–Kier alpha value is -1.40. The SMILES string of the molecule is CCCCCCCCCCCCCCCCCCCCCCCCC(O)C(CO)NC(=O)CCCCCCC/C=C\CCCCCCCCCOC(=O)CCCCCCCCCCCCCCCCCCC. The standard InChI is InChI=1S/C66H129NO5/c1-3-5-7-9-11-13-15-17-19-21-22-23-24-25-27-30-34-38-42-46-50-54-58-64(69)63(62-68)67-65(70)59-55-51-47-43-39-35-31-28-29-33-37-41-45-49-53-57-61-72-66(71)60-56-52-48-44-40-36-32-26-20-18-16-14-12-10-8-6-4-2/h28,31,63-64,68-69H,3-27,29-30,32-62H2,1-2H3,(H,67,70)/b31-28-. The van der Waals surface area contributed by atoms with E-state index in [9.17, 15) is 19.8 Å². The summed E-state index contributed by atoms with van der Waals surface area (Å²) in [6.45, 7) is 4.97. The molecule has 0 aliphatic carbocycles. The predicted molar refractivity (Wildman–Crippen MR) is 315 cm³/mol. The van der Waals surface area contributed by atoms with Crippen molar-refractivity contribution in [2.45, 2.75) is 386 Å². The molecule has 428 valence electrons. The molecule has 0 aromatic heterocycles. The van der Waals surface area contributed by atoms with Crippen molar-refractivity contribution in [1.29, 1.82) is 0 Å². The summed E-state index contributed by atoms with van der Waals surface area (Å²) in [4.78, 5) is 24.6. The van der Waals surface area contributed by atoms with Gasteiger partial charge in [0.05, 0.1) is 25.4 Å². The molecule has 0 fully saturated rings. The van der Waals surface area contributed by atoms with Crippen LogP contribution < -0.4 is 5.32 Å². The highest BCUT2D eigenvalue weighted by Gasteiger charge is 2.20. The number of esters is 1. The first kappa shape index (κ1) is 70.6. The number of unbranched alkanes of at least 4 members (excludes halogenated alkanes) is 49. The molecule has 6 nitrogen and oxygen atoms in total. The number of nitrogens with one attached hydrogen (secondary N) is 1. The molecule has 0 rings (SSSR count). The van der Waals surface area contributed by atoms with Gasteiger partial charge in [0.15, 0.2) is 0 Å². The molecule has 0 bridgehead atoms. The number of rotatable bonds is 62. The summed E-state index contributed by atoms with van der Waals surface area (Å²) in [6.07, 6.45) is 75.1. The van der Waals surface area contributed by atoms with Gasteiger partial charge in [-0.15, -0.1) is 0 Å². The molecule has 0 heterocycles. The van der Waals surface area contributed by atoms with Crippen molar-refractivity contribution in [1.82, 2.24) is 5.32 Å². The third kappa shape index (κ3) is 57.9. The summed E-state index contributed by atoms with van der Waals surface area (Å²) < 4.78 is 5.49. The Kier molecular flexibility index (Phi) is 60.9. The minimum Gasteiger partial charge on any atom is -0.466 e. The molecule has 2 atom stereocenters. The molecule has 72 heavy (non-hydrogen) atoms. The van der Waals surface area contributed by atoms with Gasteiger partial charge in [0.25, 0.3) is 0 Å². The molecule has 3 N–H and O–H groups in total. The Bertz CT molecular complexity index is 1080. The highest BCUT2D eigenvalue weighted by molar-refractivity contribution is 5.76. The van der Waals surface area contributed by atoms with Crippen molar-refractivity contribution in [2.75, 3.05) is 13.2 Å². The van der Waals surface area contributed by atoms with Crippen LogP contribution in [0.1, 0.15) is 373 Å². The van der Waals surface area contributed by atoms with Crippen molar-refractivity contribution < 1.29 is 24.5 Å². The number of hydrogen-bond acceptors (Lipinski definition) is 5. The second-order valence-electron chi connectivity index (χ2n) is 22.8. The monoisotopic (exact) mass is 1020 g/mol. The first-order valence-corrected chi connectivity index (χ1v) is 32.9. The fraction of sp³-hybridized carbons (Fsp3) is 0.939. The fourth-order valence-corrected chi connectivity index (χ4v) is 10.5. The van der Waals surface area contributed by atoms with Gasteiger partial charge in [0.2, 0.25) is 5.91 Å². The summed E-state index contributed by atoms with van der Waals surface area (Å²) in [6, 6.07) is -0.554. The molecule has 0 aromatic rings.